The highest BCUT2D eigenvalue weighted by molar-refractivity contribution is 5.89. The summed E-state index contributed by atoms with van der Waals surface area (Å²) in [5.74, 6) is -0.281. The maximum absolute atomic E-state index is 11.3. The number of epoxide rings is 2. The molecule has 6 nitrogen and oxygen atoms in total. The number of benzene rings is 1. The first-order chi connectivity index (χ1) is 10.8. The molecule has 0 radical (unpaired) electrons. The second-order valence-corrected chi connectivity index (χ2v) is 4.30. The molecule has 0 aromatic heterocycles. The second-order valence-electron chi connectivity index (χ2n) is 4.30. The predicted molar refractivity (Wildman–Crippen MR) is 79.6 cm³/mol. The first-order valence-electron chi connectivity index (χ1n) is 7.30. The maximum Gasteiger partial charge on any atom is 0.338 e. The van der Waals surface area contributed by atoms with Crippen molar-refractivity contribution in [3.8, 4) is 0 Å². The molecule has 2 aliphatic rings. The van der Waals surface area contributed by atoms with E-state index in [4.69, 9.17) is 14.2 Å². The van der Waals surface area contributed by atoms with Crippen molar-refractivity contribution in [2.75, 3.05) is 26.4 Å². The molecule has 0 N–H and O–H groups in total. The van der Waals surface area contributed by atoms with Crippen molar-refractivity contribution < 1.29 is 28.5 Å². The van der Waals surface area contributed by atoms with Gasteiger partial charge in [0.15, 0.2) is 0 Å². The van der Waals surface area contributed by atoms with Crippen LogP contribution in [0.1, 0.15) is 24.2 Å². The van der Waals surface area contributed by atoms with Crippen LogP contribution in [0, 0.1) is 0 Å². The van der Waals surface area contributed by atoms with Crippen molar-refractivity contribution in [3.63, 3.8) is 0 Å². The summed E-state index contributed by atoms with van der Waals surface area (Å²) in [6.07, 6.45) is 0.331. The third-order valence-electron chi connectivity index (χ3n) is 2.56. The van der Waals surface area contributed by atoms with Crippen LogP contribution in [0.5, 0.6) is 0 Å². The molecule has 1 aromatic carbocycles. The van der Waals surface area contributed by atoms with E-state index in [2.05, 4.69) is 4.74 Å². The number of rotatable bonds is 6. The van der Waals surface area contributed by atoms with Crippen LogP contribution >= 0.6 is 0 Å². The average molecular weight is 310 g/mol. The predicted octanol–water partition coefficient (Wildman–Crippen LogP) is 1.83. The van der Waals surface area contributed by atoms with Gasteiger partial charge in [-0.1, -0.05) is 32.0 Å². The van der Waals surface area contributed by atoms with Crippen LogP contribution in [-0.4, -0.2) is 51.1 Å². The summed E-state index contributed by atoms with van der Waals surface area (Å²) in [5.41, 5.74) is 0.586. The summed E-state index contributed by atoms with van der Waals surface area (Å²) in [7, 11) is 0. The molecule has 0 spiro atoms. The van der Waals surface area contributed by atoms with Gasteiger partial charge in [-0.3, -0.25) is 4.79 Å². The van der Waals surface area contributed by atoms with Gasteiger partial charge in [-0.25, -0.2) is 4.79 Å². The maximum atomic E-state index is 11.3. The Kier molecular flexibility index (Phi) is 8.86. The minimum absolute atomic E-state index is 0.132. The molecular weight excluding hydrogens is 288 g/mol. The first-order valence-corrected chi connectivity index (χ1v) is 7.30. The van der Waals surface area contributed by atoms with Crippen LogP contribution in [0.25, 0.3) is 0 Å². The highest BCUT2D eigenvalue weighted by Crippen LogP contribution is 2.10. The van der Waals surface area contributed by atoms with E-state index in [-0.39, 0.29) is 18.2 Å². The van der Waals surface area contributed by atoms with E-state index in [0.29, 0.717) is 31.9 Å². The molecule has 0 aliphatic carbocycles. The molecule has 2 aliphatic heterocycles. The average Bonchev–Trinajstić information content (AvgIpc) is 3.49. The summed E-state index contributed by atoms with van der Waals surface area (Å²) in [5, 5.41) is 0. The van der Waals surface area contributed by atoms with Gasteiger partial charge in [0, 0.05) is 0 Å². The van der Waals surface area contributed by atoms with Gasteiger partial charge in [0.1, 0.15) is 25.4 Å². The molecule has 22 heavy (non-hydrogen) atoms. The van der Waals surface area contributed by atoms with Gasteiger partial charge >= 0.3 is 5.97 Å². The fourth-order valence-electron chi connectivity index (χ4n) is 1.30. The van der Waals surface area contributed by atoms with Gasteiger partial charge in [-0.05, 0) is 12.1 Å². The van der Waals surface area contributed by atoms with E-state index in [9.17, 15) is 9.59 Å². The molecule has 6 heteroatoms. The molecule has 0 amide bonds. The largest absolute Gasteiger partial charge is 0.465 e. The van der Waals surface area contributed by atoms with E-state index in [0.717, 1.165) is 6.61 Å². The number of esters is 1. The fourth-order valence-corrected chi connectivity index (χ4v) is 1.30. The SMILES string of the molecule is CC.O=C(OCC1CO1)c1ccccc1.O=COCC1CO1. The zero-order valence-electron chi connectivity index (χ0n) is 12.9. The van der Waals surface area contributed by atoms with Crippen molar-refractivity contribution in [1.29, 1.82) is 0 Å². The Labute approximate surface area is 130 Å². The van der Waals surface area contributed by atoms with Crippen LogP contribution < -0.4 is 0 Å². The number of carbonyl (C=O) groups excluding carboxylic acids is 2. The standard InChI is InChI=1S/C10H10O3.C4H6O3.C2H6/c11-10(13-7-9-6-12-9)8-4-2-1-3-5-8;5-3-6-1-4-2-7-4;1-2/h1-5,9H,6-7H2;3-4H,1-2H2;1-2H3. The van der Waals surface area contributed by atoms with Crippen molar-refractivity contribution in [2.24, 2.45) is 0 Å². The molecule has 122 valence electrons. The molecular formula is C16H22O6. The Hall–Kier alpha value is -1.92. The molecule has 0 bridgehead atoms. The lowest BCUT2D eigenvalue weighted by Gasteiger charge is -2.01. The zero-order chi connectivity index (χ0) is 16.2. The third-order valence-corrected chi connectivity index (χ3v) is 2.56. The molecule has 2 fully saturated rings. The quantitative estimate of drug-likeness (QED) is 0.453. The molecule has 1 aromatic rings. The Balaban J connectivity index is 0.000000228. The number of ether oxygens (including phenoxy) is 4. The van der Waals surface area contributed by atoms with Gasteiger partial charge in [0.05, 0.1) is 18.8 Å². The lowest BCUT2D eigenvalue weighted by atomic mass is 10.2. The van der Waals surface area contributed by atoms with Crippen LogP contribution in [-0.2, 0) is 23.7 Å². The Morgan fingerprint density at radius 3 is 2.18 bits per heavy atom. The van der Waals surface area contributed by atoms with E-state index in [1.54, 1.807) is 12.1 Å². The molecule has 3 rings (SSSR count). The van der Waals surface area contributed by atoms with E-state index < -0.39 is 0 Å². The minimum Gasteiger partial charge on any atom is -0.465 e. The number of carbonyl (C=O) groups is 2. The van der Waals surface area contributed by atoms with E-state index >= 15 is 0 Å². The summed E-state index contributed by atoms with van der Waals surface area (Å²) in [6.45, 7) is 6.68. The summed E-state index contributed by atoms with van der Waals surface area (Å²) in [4.78, 5) is 20.8. The van der Waals surface area contributed by atoms with Gasteiger partial charge in [0.25, 0.3) is 6.47 Å². The zero-order valence-corrected chi connectivity index (χ0v) is 12.9. The lowest BCUT2D eigenvalue weighted by Crippen LogP contribution is -2.09. The van der Waals surface area contributed by atoms with Crippen LogP contribution in [0.3, 0.4) is 0 Å². The van der Waals surface area contributed by atoms with Crippen molar-refractivity contribution in [3.05, 3.63) is 35.9 Å². The second kappa shape index (κ2) is 10.8. The molecule has 2 atom stereocenters. The molecule has 2 heterocycles. The van der Waals surface area contributed by atoms with Crippen LogP contribution in [0.15, 0.2) is 30.3 Å². The smallest absolute Gasteiger partial charge is 0.338 e. The summed E-state index contributed by atoms with van der Waals surface area (Å²) < 4.78 is 19.0. The van der Waals surface area contributed by atoms with E-state index in [1.807, 2.05) is 32.0 Å². The fraction of sp³-hybridized carbons (Fsp3) is 0.500. The van der Waals surface area contributed by atoms with Crippen LogP contribution in [0.2, 0.25) is 0 Å². The highest BCUT2D eigenvalue weighted by Gasteiger charge is 2.24. The van der Waals surface area contributed by atoms with Crippen molar-refractivity contribution >= 4 is 12.4 Å². The van der Waals surface area contributed by atoms with Gasteiger partial charge < -0.3 is 18.9 Å². The van der Waals surface area contributed by atoms with E-state index in [1.165, 1.54) is 0 Å². The highest BCUT2D eigenvalue weighted by atomic mass is 16.6. The molecule has 2 unspecified atom stereocenters. The third kappa shape index (κ3) is 8.39. The topological polar surface area (TPSA) is 77.7 Å². The number of hydrogen-bond donors (Lipinski definition) is 0. The molecule has 2 saturated heterocycles. The minimum atomic E-state index is -0.281. The first kappa shape index (κ1) is 18.1. The normalized spacial score (nSPS) is 20.3. The number of hydrogen-bond acceptors (Lipinski definition) is 6. The van der Waals surface area contributed by atoms with Crippen molar-refractivity contribution in [2.45, 2.75) is 26.1 Å². The Bertz CT molecular complexity index is 426. The molecule has 0 saturated carbocycles. The van der Waals surface area contributed by atoms with Gasteiger partial charge in [-0.2, -0.15) is 0 Å². The Morgan fingerprint density at radius 2 is 1.68 bits per heavy atom. The van der Waals surface area contributed by atoms with Crippen molar-refractivity contribution in [1.82, 2.24) is 0 Å². The van der Waals surface area contributed by atoms with Crippen LogP contribution in [0.4, 0.5) is 0 Å². The lowest BCUT2D eigenvalue weighted by molar-refractivity contribution is -0.129. The monoisotopic (exact) mass is 310 g/mol. The van der Waals surface area contributed by atoms with Gasteiger partial charge in [-0.15, -0.1) is 0 Å². The van der Waals surface area contributed by atoms with Gasteiger partial charge in [0.2, 0.25) is 0 Å². The summed E-state index contributed by atoms with van der Waals surface area (Å²) >= 11 is 0. The summed E-state index contributed by atoms with van der Waals surface area (Å²) in [6, 6.07) is 8.95. The Morgan fingerprint density at radius 1 is 1.14 bits per heavy atom.